The summed E-state index contributed by atoms with van der Waals surface area (Å²) in [7, 11) is 2.01. The molecule has 18 heavy (non-hydrogen) atoms. The number of nitrogens with one attached hydrogen (secondary N) is 2. The molecule has 3 N–H and O–H groups in total. The quantitative estimate of drug-likeness (QED) is 0.717. The van der Waals surface area contributed by atoms with Crippen LogP contribution in [0.3, 0.4) is 0 Å². The lowest BCUT2D eigenvalue weighted by molar-refractivity contribution is 0.212. The summed E-state index contributed by atoms with van der Waals surface area (Å²) in [5.74, 6) is 1.50. The number of nitrogens with zero attached hydrogens (tertiary/aromatic N) is 3. The van der Waals surface area contributed by atoms with Crippen molar-refractivity contribution in [2.24, 2.45) is 0 Å². The predicted molar refractivity (Wildman–Crippen MR) is 70.8 cm³/mol. The first-order valence-corrected chi connectivity index (χ1v) is 6.53. The highest BCUT2D eigenvalue weighted by Gasteiger charge is 2.26. The molecule has 102 valence electrons. The Labute approximate surface area is 108 Å². The van der Waals surface area contributed by atoms with E-state index in [1.165, 1.54) is 0 Å². The van der Waals surface area contributed by atoms with Crippen LogP contribution >= 0.6 is 0 Å². The van der Waals surface area contributed by atoms with Gasteiger partial charge in [-0.2, -0.15) is 4.98 Å². The standard InChI is InChI=1S/C12H23N5O/c1-12(2,8-18)10-14-11(16-15-10)17-6-4-9(13-3)5-7-17/h9,13,18H,4-8H2,1-3H3,(H,14,15,16). The molecular weight excluding hydrogens is 230 g/mol. The van der Waals surface area contributed by atoms with E-state index < -0.39 is 0 Å². The van der Waals surface area contributed by atoms with E-state index in [0.29, 0.717) is 6.04 Å². The van der Waals surface area contributed by atoms with Gasteiger partial charge < -0.3 is 15.3 Å². The molecule has 2 heterocycles. The van der Waals surface area contributed by atoms with Crippen molar-refractivity contribution >= 4 is 5.95 Å². The Hall–Kier alpha value is -1.14. The zero-order chi connectivity index (χ0) is 13.2. The Kier molecular flexibility index (Phi) is 3.87. The maximum absolute atomic E-state index is 9.32. The van der Waals surface area contributed by atoms with Crippen molar-refractivity contribution in [3.8, 4) is 0 Å². The molecule has 0 unspecified atom stereocenters. The van der Waals surface area contributed by atoms with E-state index in [2.05, 4.69) is 25.4 Å². The second-order valence-corrected chi connectivity index (χ2v) is 5.58. The van der Waals surface area contributed by atoms with Crippen molar-refractivity contribution in [2.45, 2.75) is 38.1 Å². The van der Waals surface area contributed by atoms with Crippen molar-refractivity contribution in [3.05, 3.63) is 5.82 Å². The van der Waals surface area contributed by atoms with Crippen LogP contribution in [0.4, 0.5) is 5.95 Å². The van der Waals surface area contributed by atoms with Crippen LogP contribution in [0.5, 0.6) is 0 Å². The van der Waals surface area contributed by atoms with Crippen LogP contribution in [-0.4, -0.2) is 53.1 Å². The van der Waals surface area contributed by atoms with Crippen molar-refractivity contribution in [1.29, 1.82) is 0 Å². The molecule has 0 saturated carbocycles. The van der Waals surface area contributed by atoms with Gasteiger partial charge in [0.15, 0.2) is 0 Å². The number of aromatic nitrogens is 3. The average Bonchev–Trinajstić information content (AvgIpc) is 2.89. The molecule has 0 spiro atoms. The molecule has 1 aliphatic rings. The first kappa shape index (κ1) is 13.3. The van der Waals surface area contributed by atoms with Gasteiger partial charge in [-0.3, -0.25) is 5.10 Å². The zero-order valence-corrected chi connectivity index (χ0v) is 11.4. The summed E-state index contributed by atoms with van der Waals surface area (Å²) in [5, 5.41) is 19.8. The molecule has 0 aromatic carbocycles. The number of anilines is 1. The molecule has 1 fully saturated rings. The van der Waals surface area contributed by atoms with Gasteiger partial charge in [0.2, 0.25) is 5.95 Å². The molecule has 2 rings (SSSR count). The fourth-order valence-corrected chi connectivity index (χ4v) is 2.14. The van der Waals surface area contributed by atoms with Crippen LogP contribution in [0.2, 0.25) is 0 Å². The smallest absolute Gasteiger partial charge is 0.244 e. The minimum Gasteiger partial charge on any atom is -0.395 e. The lowest BCUT2D eigenvalue weighted by Crippen LogP contribution is -2.41. The van der Waals surface area contributed by atoms with E-state index >= 15 is 0 Å². The van der Waals surface area contributed by atoms with Crippen molar-refractivity contribution in [1.82, 2.24) is 20.5 Å². The highest BCUT2D eigenvalue weighted by molar-refractivity contribution is 5.30. The maximum Gasteiger partial charge on any atom is 0.244 e. The van der Waals surface area contributed by atoms with Gasteiger partial charge >= 0.3 is 0 Å². The number of hydrogen-bond donors (Lipinski definition) is 3. The van der Waals surface area contributed by atoms with Crippen LogP contribution in [0.15, 0.2) is 0 Å². The molecule has 0 atom stereocenters. The molecule has 1 aromatic rings. The summed E-state index contributed by atoms with van der Waals surface area (Å²) in [6.45, 7) is 5.91. The topological polar surface area (TPSA) is 77.1 Å². The number of aromatic amines is 1. The van der Waals surface area contributed by atoms with Crippen LogP contribution < -0.4 is 10.2 Å². The molecule has 6 nitrogen and oxygen atoms in total. The molecule has 0 radical (unpaired) electrons. The number of aliphatic hydroxyl groups excluding tert-OH is 1. The number of H-pyrrole nitrogens is 1. The first-order valence-electron chi connectivity index (χ1n) is 6.53. The second kappa shape index (κ2) is 5.24. The minimum absolute atomic E-state index is 0.0590. The Morgan fingerprint density at radius 3 is 2.67 bits per heavy atom. The van der Waals surface area contributed by atoms with Gasteiger partial charge in [-0.05, 0) is 19.9 Å². The van der Waals surface area contributed by atoms with E-state index in [0.717, 1.165) is 37.7 Å². The van der Waals surface area contributed by atoms with Crippen LogP contribution in [0, 0.1) is 0 Å². The molecule has 1 aliphatic heterocycles. The number of aliphatic hydroxyl groups is 1. The fraction of sp³-hybridized carbons (Fsp3) is 0.833. The highest BCUT2D eigenvalue weighted by Crippen LogP contribution is 2.22. The van der Waals surface area contributed by atoms with Crippen LogP contribution in [-0.2, 0) is 5.41 Å². The Morgan fingerprint density at radius 1 is 1.44 bits per heavy atom. The summed E-state index contributed by atoms with van der Waals surface area (Å²) in [5.41, 5.74) is -0.367. The normalized spacial score (nSPS) is 18.3. The number of piperidine rings is 1. The fourth-order valence-electron chi connectivity index (χ4n) is 2.14. The maximum atomic E-state index is 9.32. The third-order valence-corrected chi connectivity index (χ3v) is 3.70. The van der Waals surface area contributed by atoms with Gasteiger partial charge in [0.25, 0.3) is 0 Å². The highest BCUT2D eigenvalue weighted by atomic mass is 16.3. The molecule has 0 amide bonds. The van der Waals surface area contributed by atoms with Gasteiger partial charge in [0.05, 0.1) is 6.61 Å². The summed E-state index contributed by atoms with van der Waals surface area (Å²) in [6, 6.07) is 0.605. The monoisotopic (exact) mass is 253 g/mol. The molecule has 1 aromatic heterocycles. The number of rotatable bonds is 4. The van der Waals surface area contributed by atoms with Crippen molar-refractivity contribution in [2.75, 3.05) is 31.6 Å². The summed E-state index contributed by atoms with van der Waals surface area (Å²) >= 11 is 0. The predicted octanol–water partition coefficient (Wildman–Crippen LogP) is 0.263. The third kappa shape index (κ3) is 2.64. The first-order chi connectivity index (χ1) is 8.56. The van der Waals surface area contributed by atoms with Gasteiger partial charge in [-0.1, -0.05) is 13.8 Å². The summed E-state index contributed by atoms with van der Waals surface area (Å²) < 4.78 is 0. The average molecular weight is 253 g/mol. The lowest BCUT2D eigenvalue weighted by Gasteiger charge is -2.30. The van der Waals surface area contributed by atoms with E-state index in [1.54, 1.807) is 0 Å². The zero-order valence-electron chi connectivity index (χ0n) is 11.4. The largest absolute Gasteiger partial charge is 0.395 e. The van der Waals surface area contributed by atoms with Gasteiger partial charge in [0, 0.05) is 24.5 Å². The molecule has 0 aliphatic carbocycles. The van der Waals surface area contributed by atoms with Crippen LogP contribution in [0.1, 0.15) is 32.5 Å². The van der Waals surface area contributed by atoms with Gasteiger partial charge in [-0.25, -0.2) is 0 Å². The Morgan fingerprint density at radius 2 is 2.11 bits per heavy atom. The molecule has 0 bridgehead atoms. The minimum atomic E-state index is -0.367. The summed E-state index contributed by atoms with van der Waals surface area (Å²) in [6.07, 6.45) is 2.23. The van der Waals surface area contributed by atoms with E-state index in [-0.39, 0.29) is 12.0 Å². The van der Waals surface area contributed by atoms with E-state index in [4.69, 9.17) is 0 Å². The van der Waals surface area contributed by atoms with E-state index in [9.17, 15) is 5.11 Å². The Bertz CT molecular complexity index is 382. The van der Waals surface area contributed by atoms with Crippen molar-refractivity contribution in [3.63, 3.8) is 0 Å². The SMILES string of the molecule is CNC1CCN(c2n[nH]c(C(C)(C)CO)n2)CC1. The molecular formula is C12H23N5O. The molecule has 1 saturated heterocycles. The summed E-state index contributed by atoms with van der Waals surface area (Å²) in [4.78, 5) is 6.70. The third-order valence-electron chi connectivity index (χ3n) is 3.70. The van der Waals surface area contributed by atoms with E-state index in [1.807, 2.05) is 20.9 Å². The van der Waals surface area contributed by atoms with Gasteiger partial charge in [-0.15, -0.1) is 5.10 Å². The lowest BCUT2D eigenvalue weighted by atomic mass is 9.94. The van der Waals surface area contributed by atoms with Crippen molar-refractivity contribution < 1.29 is 5.11 Å². The van der Waals surface area contributed by atoms with Gasteiger partial charge in [0.1, 0.15) is 5.82 Å². The second-order valence-electron chi connectivity index (χ2n) is 5.58. The number of hydrogen-bond acceptors (Lipinski definition) is 5. The van der Waals surface area contributed by atoms with Crippen LogP contribution in [0.25, 0.3) is 0 Å². The molecule has 6 heteroatoms. The Balaban J connectivity index is 2.03.